The predicted molar refractivity (Wildman–Crippen MR) is 73.9 cm³/mol. The Hall–Kier alpha value is -1.75. The summed E-state index contributed by atoms with van der Waals surface area (Å²) in [4.78, 5) is 23.2. The number of nitrogens with one attached hydrogen (secondary N) is 2. The van der Waals surface area contributed by atoms with Crippen LogP contribution < -0.4 is 16.4 Å². The van der Waals surface area contributed by atoms with Crippen molar-refractivity contribution in [2.75, 3.05) is 18.8 Å². The molecule has 1 saturated carbocycles. The van der Waals surface area contributed by atoms with Crippen LogP contribution in [-0.2, 0) is 4.79 Å². The Morgan fingerprint density at radius 1 is 1.26 bits per heavy atom. The number of halogens is 1. The van der Waals surface area contributed by atoms with Crippen LogP contribution in [0.4, 0.5) is 5.69 Å². The first kappa shape index (κ1) is 13.7. The van der Waals surface area contributed by atoms with Crippen molar-refractivity contribution < 1.29 is 9.59 Å². The van der Waals surface area contributed by atoms with Gasteiger partial charge in [0.25, 0.3) is 5.91 Å². The molecule has 0 saturated heterocycles. The minimum Gasteiger partial charge on any atom is -0.397 e. The summed E-state index contributed by atoms with van der Waals surface area (Å²) in [5.41, 5.74) is 6.34. The molecule has 4 N–H and O–H groups in total. The summed E-state index contributed by atoms with van der Waals surface area (Å²) in [5, 5.41) is 5.81. The highest BCUT2D eigenvalue weighted by Gasteiger charge is 2.28. The number of amides is 2. The highest BCUT2D eigenvalue weighted by molar-refractivity contribution is 6.33. The van der Waals surface area contributed by atoms with Crippen molar-refractivity contribution in [1.29, 1.82) is 0 Å². The molecule has 0 atom stereocenters. The molecule has 2 amide bonds. The van der Waals surface area contributed by atoms with Gasteiger partial charge < -0.3 is 16.4 Å². The number of carbonyl (C=O) groups excluding carboxylic acids is 2. The second-order valence-corrected chi connectivity index (χ2v) is 4.93. The smallest absolute Gasteiger partial charge is 0.253 e. The predicted octanol–water partition coefficient (Wildman–Crippen LogP) is 1.18. The summed E-state index contributed by atoms with van der Waals surface area (Å²) < 4.78 is 0. The largest absolute Gasteiger partial charge is 0.397 e. The minimum absolute atomic E-state index is 0.0662. The van der Waals surface area contributed by atoms with Crippen LogP contribution in [-0.4, -0.2) is 24.9 Å². The van der Waals surface area contributed by atoms with E-state index >= 15 is 0 Å². The van der Waals surface area contributed by atoms with Crippen LogP contribution in [0.5, 0.6) is 0 Å². The number of nitrogen functional groups attached to an aromatic ring is 1. The Kier molecular flexibility index (Phi) is 4.27. The van der Waals surface area contributed by atoms with Gasteiger partial charge in [-0.2, -0.15) is 0 Å². The SMILES string of the molecule is Nc1c(Cl)cccc1C(=O)NCCNC(=O)C1CC1. The van der Waals surface area contributed by atoms with Crippen molar-refractivity contribution in [2.24, 2.45) is 5.92 Å². The van der Waals surface area contributed by atoms with Gasteiger partial charge in [0.15, 0.2) is 0 Å². The van der Waals surface area contributed by atoms with Crippen LogP contribution in [0.15, 0.2) is 18.2 Å². The van der Waals surface area contributed by atoms with Crippen LogP contribution in [0.25, 0.3) is 0 Å². The lowest BCUT2D eigenvalue weighted by Gasteiger charge is -2.09. The quantitative estimate of drug-likeness (QED) is 0.560. The second kappa shape index (κ2) is 5.93. The lowest BCUT2D eigenvalue weighted by molar-refractivity contribution is -0.122. The maximum atomic E-state index is 11.8. The molecule has 0 unspecified atom stereocenters. The molecule has 0 radical (unpaired) electrons. The first-order valence-corrected chi connectivity index (χ1v) is 6.57. The second-order valence-electron chi connectivity index (χ2n) is 4.52. The van der Waals surface area contributed by atoms with Crippen LogP contribution >= 0.6 is 11.6 Å². The van der Waals surface area contributed by atoms with Gasteiger partial charge in [-0.1, -0.05) is 17.7 Å². The first-order chi connectivity index (χ1) is 9.09. The molecular weight excluding hydrogens is 266 g/mol. The van der Waals surface area contributed by atoms with Gasteiger partial charge in [0, 0.05) is 19.0 Å². The van der Waals surface area contributed by atoms with E-state index in [1.165, 1.54) is 0 Å². The highest BCUT2D eigenvalue weighted by atomic mass is 35.5. The third-order valence-corrected chi connectivity index (χ3v) is 3.29. The monoisotopic (exact) mass is 281 g/mol. The maximum Gasteiger partial charge on any atom is 0.253 e. The van der Waals surface area contributed by atoms with E-state index in [9.17, 15) is 9.59 Å². The summed E-state index contributed by atoms with van der Waals surface area (Å²) in [6.07, 6.45) is 1.94. The summed E-state index contributed by atoms with van der Waals surface area (Å²) >= 11 is 5.84. The normalized spacial score (nSPS) is 13.9. The molecule has 1 aliphatic carbocycles. The van der Waals surface area contributed by atoms with E-state index in [1.54, 1.807) is 18.2 Å². The van der Waals surface area contributed by atoms with E-state index in [-0.39, 0.29) is 23.4 Å². The van der Waals surface area contributed by atoms with Crippen molar-refractivity contribution in [3.05, 3.63) is 28.8 Å². The van der Waals surface area contributed by atoms with Gasteiger partial charge in [-0.3, -0.25) is 9.59 Å². The maximum absolute atomic E-state index is 11.8. The summed E-state index contributed by atoms with van der Waals surface area (Å²) in [7, 11) is 0. The van der Waals surface area contributed by atoms with Crippen molar-refractivity contribution in [3.8, 4) is 0 Å². The number of hydrogen-bond donors (Lipinski definition) is 3. The molecule has 1 aromatic rings. The lowest BCUT2D eigenvalue weighted by Crippen LogP contribution is -2.35. The van der Waals surface area contributed by atoms with E-state index in [0.29, 0.717) is 23.7 Å². The standard InChI is InChI=1S/C13H16ClN3O2/c14-10-3-1-2-9(11(10)15)13(19)17-7-6-16-12(18)8-4-5-8/h1-3,8H,4-7,15H2,(H,16,18)(H,17,19). The fraction of sp³-hybridized carbons (Fsp3) is 0.385. The molecule has 0 aliphatic heterocycles. The Morgan fingerprint density at radius 3 is 2.63 bits per heavy atom. The van der Waals surface area contributed by atoms with Crippen molar-refractivity contribution >= 4 is 29.1 Å². The van der Waals surface area contributed by atoms with E-state index in [2.05, 4.69) is 10.6 Å². The van der Waals surface area contributed by atoms with E-state index in [1.807, 2.05) is 0 Å². The molecule has 5 nitrogen and oxygen atoms in total. The molecular formula is C13H16ClN3O2. The average Bonchev–Trinajstić information content (AvgIpc) is 3.21. The number of benzene rings is 1. The average molecular weight is 282 g/mol. The van der Waals surface area contributed by atoms with E-state index in [0.717, 1.165) is 12.8 Å². The van der Waals surface area contributed by atoms with Gasteiger partial charge in [-0.05, 0) is 25.0 Å². The third kappa shape index (κ3) is 3.61. The van der Waals surface area contributed by atoms with Gasteiger partial charge in [0.1, 0.15) is 0 Å². The minimum atomic E-state index is -0.291. The van der Waals surface area contributed by atoms with E-state index < -0.39 is 0 Å². The number of hydrogen-bond acceptors (Lipinski definition) is 3. The van der Waals surface area contributed by atoms with Gasteiger partial charge in [0.05, 0.1) is 16.3 Å². The van der Waals surface area contributed by atoms with Crippen LogP contribution in [0.2, 0.25) is 5.02 Å². The first-order valence-electron chi connectivity index (χ1n) is 6.19. The molecule has 0 heterocycles. The molecule has 1 aliphatic rings. The number of carbonyl (C=O) groups is 2. The molecule has 19 heavy (non-hydrogen) atoms. The lowest BCUT2D eigenvalue weighted by atomic mass is 10.1. The topological polar surface area (TPSA) is 84.2 Å². The third-order valence-electron chi connectivity index (χ3n) is 2.96. The van der Waals surface area contributed by atoms with Gasteiger partial charge >= 0.3 is 0 Å². The number of anilines is 1. The Labute approximate surface area is 116 Å². The summed E-state index contributed by atoms with van der Waals surface area (Å²) in [6, 6.07) is 4.91. The number of nitrogens with two attached hydrogens (primary N) is 1. The molecule has 2 rings (SSSR count). The van der Waals surface area contributed by atoms with Crippen LogP contribution in [0.3, 0.4) is 0 Å². The van der Waals surface area contributed by atoms with Gasteiger partial charge in [-0.15, -0.1) is 0 Å². The number of para-hydroxylation sites is 1. The molecule has 6 heteroatoms. The Bertz CT molecular complexity index is 501. The molecule has 0 aromatic heterocycles. The number of rotatable bonds is 5. The zero-order valence-corrected chi connectivity index (χ0v) is 11.2. The van der Waals surface area contributed by atoms with Crippen LogP contribution in [0, 0.1) is 5.92 Å². The fourth-order valence-corrected chi connectivity index (χ4v) is 1.86. The molecule has 1 aromatic carbocycles. The van der Waals surface area contributed by atoms with Gasteiger partial charge in [0.2, 0.25) is 5.91 Å². The zero-order chi connectivity index (χ0) is 13.8. The molecule has 102 valence electrons. The van der Waals surface area contributed by atoms with Crippen molar-refractivity contribution in [2.45, 2.75) is 12.8 Å². The summed E-state index contributed by atoms with van der Waals surface area (Å²) in [6.45, 7) is 0.783. The Morgan fingerprint density at radius 2 is 1.95 bits per heavy atom. The Balaban J connectivity index is 1.77. The van der Waals surface area contributed by atoms with Crippen LogP contribution in [0.1, 0.15) is 23.2 Å². The van der Waals surface area contributed by atoms with E-state index in [4.69, 9.17) is 17.3 Å². The molecule has 1 fully saturated rings. The zero-order valence-electron chi connectivity index (χ0n) is 10.4. The summed E-state index contributed by atoms with van der Waals surface area (Å²) in [5.74, 6) is -0.0449. The molecule has 0 bridgehead atoms. The van der Waals surface area contributed by atoms with Crippen molar-refractivity contribution in [1.82, 2.24) is 10.6 Å². The highest BCUT2D eigenvalue weighted by Crippen LogP contribution is 2.28. The van der Waals surface area contributed by atoms with Gasteiger partial charge in [-0.25, -0.2) is 0 Å². The fourth-order valence-electron chi connectivity index (χ4n) is 1.68. The molecule has 0 spiro atoms. The van der Waals surface area contributed by atoms with Crippen molar-refractivity contribution in [3.63, 3.8) is 0 Å².